The van der Waals surface area contributed by atoms with Crippen LogP contribution in [-0.2, 0) is 4.79 Å². The van der Waals surface area contributed by atoms with Gasteiger partial charge in [0, 0.05) is 24.5 Å². The number of hydrogen-bond donors (Lipinski definition) is 2. The number of nitrogens with two attached hydrogens (primary N) is 1. The summed E-state index contributed by atoms with van der Waals surface area (Å²) in [4.78, 5) is 14.0. The first-order valence-electron chi connectivity index (χ1n) is 7.04. The van der Waals surface area contributed by atoms with Gasteiger partial charge in [0.05, 0.1) is 0 Å². The van der Waals surface area contributed by atoms with E-state index < -0.39 is 0 Å². The van der Waals surface area contributed by atoms with E-state index in [0.29, 0.717) is 18.4 Å². The number of hydrogen-bond acceptors (Lipinski definition) is 3. The second-order valence-corrected chi connectivity index (χ2v) is 6.44. The molecule has 0 spiro atoms. The highest BCUT2D eigenvalue weighted by Crippen LogP contribution is 2.31. The molecule has 1 amide bonds. The molecule has 1 rings (SSSR count). The summed E-state index contributed by atoms with van der Waals surface area (Å²) in [5.74, 6) is 0.745. The van der Waals surface area contributed by atoms with Crippen molar-refractivity contribution in [1.29, 1.82) is 0 Å². The van der Waals surface area contributed by atoms with Crippen LogP contribution in [0.25, 0.3) is 0 Å². The number of nitrogens with one attached hydrogen (secondary N) is 1. The van der Waals surface area contributed by atoms with Gasteiger partial charge in [-0.25, -0.2) is 0 Å². The quantitative estimate of drug-likeness (QED) is 0.722. The van der Waals surface area contributed by atoms with E-state index in [1.54, 1.807) is 0 Å². The maximum Gasteiger partial charge on any atom is 0.221 e. The molecule has 1 aliphatic rings. The SMILES string of the molecule is CC(C)CC(CNC(=O)CC1(N)CCC1)N(C)C. The minimum Gasteiger partial charge on any atom is -0.354 e. The second kappa shape index (κ2) is 6.53. The van der Waals surface area contributed by atoms with Crippen molar-refractivity contribution < 1.29 is 4.79 Å². The van der Waals surface area contributed by atoms with Crippen LogP contribution in [0.5, 0.6) is 0 Å². The number of rotatable bonds is 7. The maximum atomic E-state index is 11.9. The topological polar surface area (TPSA) is 58.4 Å². The van der Waals surface area contributed by atoms with Crippen molar-refractivity contribution in [3.63, 3.8) is 0 Å². The Morgan fingerprint density at radius 2 is 2.00 bits per heavy atom. The molecule has 0 aromatic rings. The highest BCUT2D eigenvalue weighted by molar-refractivity contribution is 5.77. The van der Waals surface area contributed by atoms with E-state index in [9.17, 15) is 4.79 Å². The van der Waals surface area contributed by atoms with Crippen LogP contribution < -0.4 is 11.1 Å². The third kappa shape index (κ3) is 4.94. The number of nitrogens with zero attached hydrogens (tertiary/aromatic N) is 1. The summed E-state index contributed by atoms with van der Waals surface area (Å²) in [5, 5.41) is 3.03. The van der Waals surface area contributed by atoms with Crippen LogP contribution in [0.2, 0.25) is 0 Å². The lowest BCUT2D eigenvalue weighted by Gasteiger charge is -2.37. The fourth-order valence-electron chi connectivity index (χ4n) is 2.44. The second-order valence-electron chi connectivity index (χ2n) is 6.44. The molecule has 106 valence electrons. The van der Waals surface area contributed by atoms with Gasteiger partial charge in [-0.15, -0.1) is 0 Å². The molecule has 0 bridgehead atoms. The Labute approximate surface area is 111 Å². The molecule has 0 aromatic heterocycles. The van der Waals surface area contributed by atoms with Gasteiger partial charge in [-0.3, -0.25) is 4.79 Å². The summed E-state index contributed by atoms with van der Waals surface area (Å²) >= 11 is 0. The van der Waals surface area contributed by atoms with Crippen molar-refractivity contribution in [3.8, 4) is 0 Å². The van der Waals surface area contributed by atoms with Crippen LogP contribution in [-0.4, -0.2) is 43.0 Å². The number of likely N-dealkylation sites (N-methyl/N-ethyl adjacent to an activating group) is 1. The van der Waals surface area contributed by atoms with Crippen LogP contribution >= 0.6 is 0 Å². The maximum absolute atomic E-state index is 11.9. The minimum absolute atomic E-state index is 0.104. The Morgan fingerprint density at radius 3 is 2.39 bits per heavy atom. The summed E-state index contributed by atoms with van der Waals surface area (Å²) in [6.07, 6.45) is 4.72. The standard InChI is InChI=1S/C14H29N3O/c1-11(2)8-12(17(3)4)10-16-13(18)9-14(15)6-5-7-14/h11-12H,5-10,15H2,1-4H3,(H,16,18). The third-order valence-electron chi connectivity index (χ3n) is 3.87. The fourth-order valence-corrected chi connectivity index (χ4v) is 2.44. The predicted octanol–water partition coefficient (Wildman–Crippen LogP) is 1.35. The molecule has 1 fully saturated rings. The van der Waals surface area contributed by atoms with E-state index in [4.69, 9.17) is 5.73 Å². The summed E-state index contributed by atoms with van der Waals surface area (Å²) in [7, 11) is 4.13. The average Bonchev–Trinajstić information content (AvgIpc) is 2.21. The Morgan fingerprint density at radius 1 is 1.39 bits per heavy atom. The van der Waals surface area contributed by atoms with Crippen molar-refractivity contribution in [3.05, 3.63) is 0 Å². The van der Waals surface area contributed by atoms with Gasteiger partial charge < -0.3 is 16.0 Å². The smallest absolute Gasteiger partial charge is 0.221 e. The van der Waals surface area contributed by atoms with Gasteiger partial charge >= 0.3 is 0 Å². The lowest BCUT2D eigenvalue weighted by atomic mass is 9.75. The predicted molar refractivity (Wildman–Crippen MR) is 75.3 cm³/mol. The highest BCUT2D eigenvalue weighted by Gasteiger charge is 2.34. The molecule has 1 aliphatic carbocycles. The van der Waals surface area contributed by atoms with E-state index in [0.717, 1.165) is 32.2 Å². The zero-order valence-electron chi connectivity index (χ0n) is 12.3. The molecular formula is C14H29N3O. The Bertz CT molecular complexity index is 272. The minimum atomic E-state index is -0.213. The first-order chi connectivity index (χ1) is 8.32. The zero-order valence-corrected chi connectivity index (χ0v) is 12.3. The summed E-state index contributed by atoms with van der Waals surface area (Å²) in [6, 6.07) is 0.407. The van der Waals surface area contributed by atoms with Crippen LogP contribution in [0, 0.1) is 5.92 Å². The monoisotopic (exact) mass is 255 g/mol. The zero-order chi connectivity index (χ0) is 13.8. The highest BCUT2D eigenvalue weighted by atomic mass is 16.1. The molecule has 4 heteroatoms. The lowest BCUT2D eigenvalue weighted by molar-refractivity contribution is -0.123. The van der Waals surface area contributed by atoms with Crippen LogP contribution in [0.1, 0.15) is 46.0 Å². The molecule has 0 heterocycles. The molecule has 0 aromatic carbocycles. The van der Waals surface area contributed by atoms with Crippen LogP contribution in [0.15, 0.2) is 0 Å². The van der Waals surface area contributed by atoms with Crippen LogP contribution in [0.3, 0.4) is 0 Å². The lowest BCUT2D eigenvalue weighted by Crippen LogP contribution is -2.51. The van der Waals surface area contributed by atoms with Gasteiger partial charge in [-0.2, -0.15) is 0 Å². The summed E-state index contributed by atoms with van der Waals surface area (Å²) < 4.78 is 0. The van der Waals surface area contributed by atoms with Gasteiger partial charge in [-0.1, -0.05) is 13.8 Å². The molecule has 18 heavy (non-hydrogen) atoms. The Hall–Kier alpha value is -0.610. The van der Waals surface area contributed by atoms with Gasteiger partial charge in [0.15, 0.2) is 0 Å². The van der Waals surface area contributed by atoms with E-state index in [1.807, 2.05) is 0 Å². The van der Waals surface area contributed by atoms with Crippen molar-refractivity contribution in [2.75, 3.05) is 20.6 Å². The third-order valence-corrected chi connectivity index (χ3v) is 3.87. The van der Waals surface area contributed by atoms with E-state index >= 15 is 0 Å². The molecule has 1 atom stereocenters. The van der Waals surface area contributed by atoms with Gasteiger partial charge in [0.25, 0.3) is 0 Å². The normalized spacial score (nSPS) is 19.7. The molecule has 0 aliphatic heterocycles. The number of amides is 1. The van der Waals surface area contributed by atoms with E-state index in [2.05, 4.69) is 38.2 Å². The van der Waals surface area contributed by atoms with Crippen LogP contribution in [0.4, 0.5) is 0 Å². The van der Waals surface area contributed by atoms with E-state index in [-0.39, 0.29) is 11.4 Å². The molecule has 4 nitrogen and oxygen atoms in total. The van der Waals surface area contributed by atoms with E-state index in [1.165, 1.54) is 0 Å². The van der Waals surface area contributed by atoms with Gasteiger partial charge in [-0.05, 0) is 45.7 Å². The van der Waals surface area contributed by atoms with Crippen molar-refractivity contribution in [1.82, 2.24) is 10.2 Å². The first kappa shape index (κ1) is 15.4. The number of carbonyl (C=O) groups excluding carboxylic acids is 1. The molecule has 1 saturated carbocycles. The summed E-state index contributed by atoms with van der Waals surface area (Å²) in [6.45, 7) is 5.14. The molecule has 3 N–H and O–H groups in total. The molecule has 0 saturated heterocycles. The van der Waals surface area contributed by atoms with Crippen molar-refractivity contribution >= 4 is 5.91 Å². The molecular weight excluding hydrogens is 226 g/mol. The van der Waals surface area contributed by atoms with Crippen molar-refractivity contribution in [2.45, 2.75) is 57.5 Å². The average molecular weight is 255 g/mol. The Balaban J connectivity index is 2.30. The molecule has 0 radical (unpaired) electrons. The first-order valence-corrected chi connectivity index (χ1v) is 7.04. The fraction of sp³-hybridized carbons (Fsp3) is 0.929. The van der Waals surface area contributed by atoms with Gasteiger partial charge in [0.2, 0.25) is 5.91 Å². The van der Waals surface area contributed by atoms with Crippen molar-refractivity contribution in [2.24, 2.45) is 11.7 Å². The largest absolute Gasteiger partial charge is 0.354 e. The van der Waals surface area contributed by atoms with Gasteiger partial charge in [0.1, 0.15) is 0 Å². The molecule has 1 unspecified atom stereocenters. The summed E-state index contributed by atoms with van der Waals surface area (Å²) in [5.41, 5.74) is 5.87. The number of carbonyl (C=O) groups is 1. The Kier molecular flexibility index (Phi) is 5.60.